The lowest BCUT2D eigenvalue weighted by atomic mass is 10.1. The van der Waals surface area contributed by atoms with E-state index in [-0.39, 0.29) is 12.1 Å². The molecule has 0 spiro atoms. The van der Waals surface area contributed by atoms with Gasteiger partial charge in [-0.15, -0.1) is 11.8 Å². The van der Waals surface area contributed by atoms with Crippen LogP contribution >= 0.6 is 11.8 Å². The average Bonchev–Trinajstić information content (AvgIpc) is 2.48. The van der Waals surface area contributed by atoms with Gasteiger partial charge in [-0.05, 0) is 37.3 Å². The molecule has 0 aliphatic carbocycles. The highest BCUT2D eigenvalue weighted by molar-refractivity contribution is 7.98. The molecule has 0 aliphatic heterocycles. The minimum absolute atomic E-state index is 0.00735. The quantitative estimate of drug-likeness (QED) is 0.566. The summed E-state index contributed by atoms with van der Waals surface area (Å²) in [6, 6.07) is 8.61. The van der Waals surface area contributed by atoms with Gasteiger partial charge < -0.3 is 10.2 Å². The number of hydrogen-bond donors (Lipinski definition) is 1. The van der Waals surface area contributed by atoms with Crippen molar-refractivity contribution >= 4 is 17.8 Å². The summed E-state index contributed by atoms with van der Waals surface area (Å²) >= 11 is 1.73. The van der Waals surface area contributed by atoms with Crippen LogP contribution in [0.15, 0.2) is 29.2 Å². The lowest BCUT2D eigenvalue weighted by Gasteiger charge is -2.21. The largest absolute Gasteiger partial charge is 0.336 e. The SMILES string of the molecule is CCCCCC(C)NC(=O)N(C)Cc1ccc(SC)cc1. The predicted octanol–water partition coefficient (Wildman–Crippen LogP) is 4.52. The van der Waals surface area contributed by atoms with E-state index in [4.69, 9.17) is 0 Å². The number of thioether (sulfide) groups is 1. The first-order chi connectivity index (χ1) is 10.1. The number of rotatable bonds is 8. The summed E-state index contributed by atoms with van der Waals surface area (Å²) in [7, 11) is 1.84. The highest BCUT2D eigenvalue weighted by Gasteiger charge is 2.12. The first-order valence-corrected chi connectivity index (χ1v) is 8.93. The second-order valence-electron chi connectivity index (χ2n) is 5.55. The molecule has 0 bridgehead atoms. The minimum atomic E-state index is 0.00735. The molecule has 1 rings (SSSR count). The van der Waals surface area contributed by atoms with Gasteiger partial charge in [0.05, 0.1) is 0 Å². The van der Waals surface area contributed by atoms with Gasteiger partial charge in [0, 0.05) is 24.5 Å². The van der Waals surface area contributed by atoms with E-state index in [2.05, 4.69) is 49.7 Å². The van der Waals surface area contributed by atoms with E-state index in [1.54, 1.807) is 16.7 Å². The van der Waals surface area contributed by atoms with Gasteiger partial charge in [-0.25, -0.2) is 4.79 Å². The molecule has 0 saturated carbocycles. The lowest BCUT2D eigenvalue weighted by Crippen LogP contribution is -2.41. The van der Waals surface area contributed by atoms with Crippen LogP contribution in [0.1, 0.15) is 45.1 Å². The van der Waals surface area contributed by atoms with Gasteiger partial charge in [0.1, 0.15) is 0 Å². The first kappa shape index (κ1) is 17.9. The fourth-order valence-corrected chi connectivity index (χ4v) is 2.58. The van der Waals surface area contributed by atoms with E-state index in [0.717, 1.165) is 12.0 Å². The molecule has 1 unspecified atom stereocenters. The molecule has 21 heavy (non-hydrogen) atoms. The zero-order chi connectivity index (χ0) is 15.7. The maximum Gasteiger partial charge on any atom is 0.317 e. The molecule has 0 radical (unpaired) electrons. The van der Waals surface area contributed by atoms with Crippen molar-refractivity contribution in [2.75, 3.05) is 13.3 Å². The Morgan fingerprint density at radius 3 is 2.52 bits per heavy atom. The molecule has 1 aromatic rings. The van der Waals surface area contributed by atoms with Crippen molar-refractivity contribution in [2.45, 2.75) is 57.0 Å². The second-order valence-corrected chi connectivity index (χ2v) is 6.43. The normalized spacial score (nSPS) is 12.0. The number of benzene rings is 1. The number of carbonyl (C=O) groups excluding carboxylic acids is 1. The Balaban J connectivity index is 2.39. The van der Waals surface area contributed by atoms with Crippen LogP contribution in [0.5, 0.6) is 0 Å². The Morgan fingerprint density at radius 1 is 1.29 bits per heavy atom. The number of nitrogens with zero attached hydrogens (tertiary/aromatic N) is 1. The van der Waals surface area contributed by atoms with Crippen molar-refractivity contribution in [2.24, 2.45) is 0 Å². The predicted molar refractivity (Wildman–Crippen MR) is 91.8 cm³/mol. The maximum atomic E-state index is 12.1. The molecule has 4 heteroatoms. The number of amides is 2. The molecule has 0 aromatic heterocycles. The van der Waals surface area contributed by atoms with Crippen molar-refractivity contribution in [3.8, 4) is 0 Å². The molecule has 1 atom stereocenters. The number of unbranched alkanes of at least 4 members (excludes halogenated alkanes) is 2. The number of carbonyl (C=O) groups is 1. The molecule has 0 saturated heterocycles. The van der Waals surface area contributed by atoms with Crippen LogP contribution in [0.3, 0.4) is 0 Å². The summed E-state index contributed by atoms with van der Waals surface area (Å²) in [5.74, 6) is 0. The van der Waals surface area contributed by atoms with Gasteiger partial charge in [0.15, 0.2) is 0 Å². The number of urea groups is 1. The number of nitrogens with one attached hydrogen (secondary N) is 1. The maximum absolute atomic E-state index is 12.1. The third-order valence-corrected chi connectivity index (χ3v) is 4.28. The zero-order valence-corrected chi connectivity index (χ0v) is 14.5. The molecule has 3 nitrogen and oxygen atoms in total. The van der Waals surface area contributed by atoms with Crippen molar-refractivity contribution in [1.82, 2.24) is 10.2 Å². The Morgan fingerprint density at radius 2 is 1.95 bits per heavy atom. The Kier molecular flexibility index (Phi) is 8.28. The third kappa shape index (κ3) is 6.89. The molecule has 0 aliphatic rings. The van der Waals surface area contributed by atoms with Crippen molar-refractivity contribution in [1.29, 1.82) is 0 Å². The Hall–Kier alpha value is -1.16. The minimum Gasteiger partial charge on any atom is -0.336 e. The van der Waals surface area contributed by atoms with Crippen LogP contribution in [0.4, 0.5) is 4.79 Å². The Labute approximate surface area is 133 Å². The summed E-state index contributed by atoms with van der Waals surface area (Å²) in [6.07, 6.45) is 6.74. The van der Waals surface area contributed by atoms with E-state index in [1.807, 2.05) is 7.05 Å². The monoisotopic (exact) mass is 308 g/mol. The molecular formula is C17H28N2OS. The molecule has 0 heterocycles. The molecule has 1 aromatic carbocycles. The van der Waals surface area contributed by atoms with Gasteiger partial charge in [-0.3, -0.25) is 0 Å². The summed E-state index contributed by atoms with van der Waals surface area (Å²) in [4.78, 5) is 15.1. The summed E-state index contributed by atoms with van der Waals surface area (Å²) < 4.78 is 0. The summed E-state index contributed by atoms with van der Waals surface area (Å²) in [5.41, 5.74) is 1.16. The standard InChI is InChI=1S/C17H28N2OS/c1-5-6-7-8-14(2)18-17(20)19(3)13-15-9-11-16(21-4)12-10-15/h9-12,14H,5-8,13H2,1-4H3,(H,18,20). The van der Waals surface area contributed by atoms with Crippen molar-refractivity contribution < 1.29 is 4.79 Å². The lowest BCUT2D eigenvalue weighted by molar-refractivity contribution is 0.202. The van der Waals surface area contributed by atoms with Crippen LogP contribution < -0.4 is 5.32 Å². The van der Waals surface area contributed by atoms with Crippen molar-refractivity contribution in [3.05, 3.63) is 29.8 Å². The van der Waals surface area contributed by atoms with E-state index in [9.17, 15) is 4.79 Å². The van der Waals surface area contributed by atoms with E-state index in [0.29, 0.717) is 6.54 Å². The van der Waals surface area contributed by atoms with E-state index >= 15 is 0 Å². The first-order valence-electron chi connectivity index (χ1n) is 7.71. The van der Waals surface area contributed by atoms with Crippen molar-refractivity contribution in [3.63, 3.8) is 0 Å². The van der Waals surface area contributed by atoms with Crippen LogP contribution in [-0.2, 0) is 6.54 Å². The fourth-order valence-electron chi connectivity index (χ4n) is 2.17. The van der Waals surface area contributed by atoms with Gasteiger partial charge in [0.25, 0.3) is 0 Å². The van der Waals surface area contributed by atoms with Crippen LogP contribution in [0, 0.1) is 0 Å². The summed E-state index contributed by atoms with van der Waals surface area (Å²) in [6.45, 7) is 4.91. The topological polar surface area (TPSA) is 32.3 Å². The molecule has 118 valence electrons. The second kappa shape index (κ2) is 9.72. The smallest absolute Gasteiger partial charge is 0.317 e. The third-order valence-electron chi connectivity index (χ3n) is 3.54. The highest BCUT2D eigenvalue weighted by Crippen LogP contribution is 2.15. The molecular weight excluding hydrogens is 280 g/mol. The molecule has 2 amide bonds. The van der Waals surface area contributed by atoms with E-state index < -0.39 is 0 Å². The van der Waals surface area contributed by atoms with Crippen LogP contribution in [0.2, 0.25) is 0 Å². The van der Waals surface area contributed by atoms with Gasteiger partial charge in [0.2, 0.25) is 0 Å². The van der Waals surface area contributed by atoms with Gasteiger partial charge in [-0.1, -0.05) is 38.3 Å². The zero-order valence-electron chi connectivity index (χ0n) is 13.7. The number of hydrogen-bond acceptors (Lipinski definition) is 2. The van der Waals surface area contributed by atoms with Crippen LogP contribution in [0.25, 0.3) is 0 Å². The Bertz CT molecular complexity index is 419. The van der Waals surface area contributed by atoms with Gasteiger partial charge in [-0.2, -0.15) is 0 Å². The summed E-state index contributed by atoms with van der Waals surface area (Å²) in [5, 5.41) is 3.06. The fraction of sp³-hybridized carbons (Fsp3) is 0.588. The molecule has 0 fully saturated rings. The van der Waals surface area contributed by atoms with Crippen LogP contribution in [-0.4, -0.2) is 30.3 Å². The van der Waals surface area contributed by atoms with E-state index in [1.165, 1.54) is 24.2 Å². The van der Waals surface area contributed by atoms with Gasteiger partial charge >= 0.3 is 6.03 Å². The molecule has 1 N–H and O–H groups in total. The highest BCUT2D eigenvalue weighted by atomic mass is 32.2. The average molecular weight is 308 g/mol.